The van der Waals surface area contributed by atoms with Crippen molar-refractivity contribution in [2.75, 3.05) is 38.2 Å². The highest BCUT2D eigenvalue weighted by atomic mass is 16.5. The standard InChI is InChI=1S/C21H23N5O2/c1-28-20-10-6-5-9-19(20)24-11-13-25(14-12-24)21(27)18-16-26(23-22-18)15-17-7-3-2-4-8-17/h2-10,16H,11-15H2,1H3. The molecule has 0 bridgehead atoms. The Kier molecular flexibility index (Phi) is 5.23. The number of hydrogen-bond donors (Lipinski definition) is 0. The Hall–Kier alpha value is -3.35. The molecule has 1 amide bonds. The van der Waals surface area contributed by atoms with Gasteiger partial charge in [-0.2, -0.15) is 0 Å². The van der Waals surface area contributed by atoms with Crippen LogP contribution in [0.15, 0.2) is 60.8 Å². The molecule has 1 saturated heterocycles. The highest BCUT2D eigenvalue weighted by Crippen LogP contribution is 2.28. The molecule has 1 fully saturated rings. The van der Waals surface area contributed by atoms with E-state index in [9.17, 15) is 4.79 Å². The molecular formula is C21H23N5O2. The van der Waals surface area contributed by atoms with E-state index < -0.39 is 0 Å². The zero-order valence-electron chi connectivity index (χ0n) is 15.9. The molecular weight excluding hydrogens is 354 g/mol. The number of nitrogens with zero attached hydrogens (tertiary/aromatic N) is 5. The van der Waals surface area contributed by atoms with E-state index in [1.54, 1.807) is 18.0 Å². The maximum atomic E-state index is 12.8. The molecule has 0 N–H and O–H groups in total. The molecule has 7 nitrogen and oxygen atoms in total. The Morgan fingerprint density at radius 2 is 1.71 bits per heavy atom. The minimum Gasteiger partial charge on any atom is -0.495 e. The van der Waals surface area contributed by atoms with Crippen molar-refractivity contribution < 1.29 is 9.53 Å². The van der Waals surface area contributed by atoms with Gasteiger partial charge >= 0.3 is 0 Å². The van der Waals surface area contributed by atoms with E-state index in [-0.39, 0.29) is 5.91 Å². The second kappa shape index (κ2) is 8.12. The molecule has 0 aliphatic carbocycles. The third kappa shape index (κ3) is 3.83. The van der Waals surface area contributed by atoms with E-state index >= 15 is 0 Å². The number of carbonyl (C=O) groups is 1. The van der Waals surface area contributed by atoms with Gasteiger partial charge in [0.05, 0.1) is 25.5 Å². The lowest BCUT2D eigenvalue weighted by molar-refractivity contribution is 0.0740. The summed E-state index contributed by atoms with van der Waals surface area (Å²) in [7, 11) is 1.68. The average molecular weight is 377 g/mol. The zero-order valence-corrected chi connectivity index (χ0v) is 15.9. The molecule has 0 unspecified atom stereocenters. The third-order valence-corrected chi connectivity index (χ3v) is 4.94. The van der Waals surface area contributed by atoms with Gasteiger partial charge in [0.15, 0.2) is 5.69 Å². The summed E-state index contributed by atoms with van der Waals surface area (Å²) in [6.45, 7) is 3.39. The lowest BCUT2D eigenvalue weighted by Crippen LogP contribution is -2.49. The summed E-state index contributed by atoms with van der Waals surface area (Å²) in [6, 6.07) is 18.0. The van der Waals surface area contributed by atoms with Crippen LogP contribution >= 0.6 is 0 Å². The number of piperazine rings is 1. The van der Waals surface area contributed by atoms with Gasteiger partial charge in [-0.1, -0.05) is 47.7 Å². The monoisotopic (exact) mass is 377 g/mol. The number of hydrogen-bond acceptors (Lipinski definition) is 5. The second-order valence-corrected chi connectivity index (χ2v) is 6.74. The summed E-state index contributed by atoms with van der Waals surface area (Å²) in [5, 5.41) is 8.19. The molecule has 3 aromatic rings. The van der Waals surface area contributed by atoms with Crippen molar-refractivity contribution in [3.63, 3.8) is 0 Å². The van der Waals surface area contributed by atoms with Crippen LogP contribution in [0.3, 0.4) is 0 Å². The normalized spacial score (nSPS) is 14.2. The van der Waals surface area contributed by atoms with Crippen molar-refractivity contribution in [3.05, 3.63) is 72.1 Å². The van der Waals surface area contributed by atoms with E-state index in [2.05, 4.69) is 15.2 Å². The molecule has 0 atom stereocenters. The van der Waals surface area contributed by atoms with Gasteiger partial charge in [0, 0.05) is 26.2 Å². The van der Waals surface area contributed by atoms with Crippen LogP contribution < -0.4 is 9.64 Å². The molecule has 0 radical (unpaired) electrons. The first-order valence-electron chi connectivity index (χ1n) is 9.36. The first-order chi connectivity index (χ1) is 13.7. The second-order valence-electron chi connectivity index (χ2n) is 6.74. The van der Waals surface area contributed by atoms with Crippen molar-refractivity contribution in [2.45, 2.75) is 6.54 Å². The van der Waals surface area contributed by atoms with Crippen molar-refractivity contribution in [3.8, 4) is 5.75 Å². The summed E-state index contributed by atoms with van der Waals surface area (Å²) >= 11 is 0. The highest BCUT2D eigenvalue weighted by Gasteiger charge is 2.25. The number of para-hydroxylation sites is 2. The van der Waals surface area contributed by atoms with Crippen LogP contribution in [0.2, 0.25) is 0 Å². The molecule has 28 heavy (non-hydrogen) atoms. The van der Waals surface area contributed by atoms with Crippen LogP contribution in [0.1, 0.15) is 16.1 Å². The molecule has 1 aromatic heterocycles. The smallest absolute Gasteiger partial charge is 0.276 e. The Bertz CT molecular complexity index is 933. The Labute approximate surface area is 164 Å². The molecule has 144 valence electrons. The van der Waals surface area contributed by atoms with Gasteiger partial charge in [0.2, 0.25) is 0 Å². The van der Waals surface area contributed by atoms with Gasteiger partial charge in [-0.05, 0) is 17.7 Å². The number of amides is 1. The third-order valence-electron chi connectivity index (χ3n) is 4.94. The molecule has 0 saturated carbocycles. The highest BCUT2D eigenvalue weighted by molar-refractivity contribution is 5.92. The lowest BCUT2D eigenvalue weighted by atomic mass is 10.2. The largest absolute Gasteiger partial charge is 0.495 e. The van der Waals surface area contributed by atoms with E-state index in [1.807, 2.05) is 59.5 Å². The number of rotatable bonds is 5. The van der Waals surface area contributed by atoms with Crippen molar-refractivity contribution >= 4 is 11.6 Å². The maximum absolute atomic E-state index is 12.8. The van der Waals surface area contributed by atoms with Gasteiger partial charge in [0.25, 0.3) is 5.91 Å². The molecule has 2 heterocycles. The van der Waals surface area contributed by atoms with E-state index in [1.165, 1.54) is 0 Å². The molecule has 2 aromatic carbocycles. The lowest BCUT2D eigenvalue weighted by Gasteiger charge is -2.36. The van der Waals surface area contributed by atoms with Crippen LogP contribution in [0.25, 0.3) is 0 Å². The predicted molar refractivity (Wildman–Crippen MR) is 107 cm³/mol. The van der Waals surface area contributed by atoms with E-state index in [0.29, 0.717) is 25.3 Å². The summed E-state index contributed by atoms with van der Waals surface area (Å²) in [5.41, 5.74) is 2.57. The quantitative estimate of drug-likeness (QED) is 0.683. The fourth-order valence-corrected chi connectivity index (χ4v) is 3.45. The predicted octanol–water partition coefficient (Wildman–Crippen LogP) is 2.30. The number of anilines is 1. The molecule has 1 aliphatic rings. The number of ether oxygens (including phenoxy) is 1. The van der Waals surface area contributed by atoms with Gasteiger partial charge in [-0.25, -0.2) is 4.68 Å². The summed E-state index contributed by atoms with van der Waals surface area (Å²) in [6.07, 6.45) is 1.72. The number of carbonyl (C=O) groups excluding carboxylic acids is 1. The fraction of sp³-hybridized carbons (Fsp3) is 0.286. The molecule has 0 spiro atoms. The Morgan fingerprint density at radius 3 is 2.46 bits per heavy atom. The molecule has 1 aliphatic heterocycles. The van der Waals surface area contributed by atoms with Crippen molar-refractivity contribution in [2.24, 2.45) is 0 Å². The first kappa shape index (κ1) is 18.0. The van der Waals surface area contributed by atoms with Gasteiger partial charge in [-0.3, -0.25) is 4.79 Å². The number of aromatic nitrogens is 3. The average Bonchev–Trinajstić information content (AvgIpc) is 3.22. The van der Waals surface area contributed by atoms with Crippen molar-refractivity contribution in [1.82, 2.24) is 19.9 Å². The van der Waals surface area contributed by atoms with Gasteiger partial charge in [0.1, 0.15) is 5.75 Å². The van der Waals surface area contributed by atoms with Crippen LogP contribution in [-0.4, -0.2) is 59.1 Å². The van der Waals surface area contributed by atoms with E-state index in [4.69, 9.17) is 4.74 Å². The Morgan fingerprint density at radius 1 is 1.00 bits per heavy atom. The summed E-state index contributed by atoms with van der Waals surface area (Å²) < 4.78 is 7.15. The van der Waals surface area contributed by atoms with Gasteiger partial charge in [-0.15, -0.1) is 5.10 Å². The SMILES string of the molecule is COc1ccccc1N1CCN(C(=O)c2cn(Cc3ccccc3)nn2)CC1. The first-order valence-corrected chi connectivity index (χ1v) is 9.36. The number of methoxy groups -OCH3 is 1. The van der Waals surface area contributed by atoms with Crippen LogP contribution in [0, 0.1) is 0 Å². The van der Waals surface area contributed by atoms with Crippen LogP contribution in [0.5, 0.6) is 5.75 Å². The number of benzene rings is 2. The minimum atomic E-state index is -0.0704. The molecule has 4 rings (SSSR count). The fourth-order valence-electron chi connectivity index (χ4n) is 3.45. The zero-order chi connectivity index (χ0) is 19.3. The molecule has 7 heteroatoms. The van der Waals surface area contributed by atoms with Crippen molar-refractivity contribution in [1.29, 1.82) is 0 Å². The summed E-state index contributed by atoms with van der Waals surface area (Å²) in [4.78, 5) is 16.9. The maximum Gasteiger partial charge on any atom is 0.276 e. The van der Waals surface area contributed by atoms with E-state index in [0.717, 1.165) is 30.1 Å². The van der Waals surface area contributed by atoms with Gasteiger partial charge < -0.3 is 14.5 Å². The Balaban J connectivity index is 1.38. The minimum absolute atomic E-state index is 0.0704. The summed E-state index contributed by atoms with van der Waals surface area (Å²) in [5.74, 6) is 0.783. The van der Waals surface area contributed by atoms with Crippen LogP contribution in [0.4, 0.5) is 5.69 Å². The topological polar surface area (TPSA) is 63.5 Å². The van der Waals surface area contributed by atoms with Crippen LogP contribution in [-0.2, 0) is 6.54 Å².